The molecule has 0 aliphatic carbocycles. The van der Waals surface area contributed by atoms with Gasteiger partial charge in [0, 0.05) is 36.3 Å². The Morgan fingerprint density at radius 2 is 1.62 bits per heavy atom. The molecule has 1 unspecified atom stereocenters. The molecule has 2 aromatic carbocycles. The van der Waals surface area contributed by atoms with Gasteiger partial charge in [-0.15, -0.1) is 0 Å². The van der Waals surface area contributed by atoms with Gasteiger partial charge in [0.15, 0.2) is 0 Å². The van der Waals surface area contributed by atoms with Crippen molar-refractivity contribution in [3.05, 3.63) is 69.8 Å². The van der Waals surface area contributed by atoms with Gasteiger partial charge >= 0.3 is 0 Å². The maximum atomic E-state index is 12.9. The van der Waals surface area contributed by atoms with Crippen LogP contribution in [0.2, 0.25) is 0 Å². The zero-order valence-electron chi connectivity index (χ0n) is 16.2. The van der Waals surface area contributed by atoms with Gasteiger partial charge in [0.2, 0.25) is 5.91 Å². The van der Waals surface area contributed by atoms with Gasteiger partial charge in [-0.05, 0) is 52.4 Å². The highest BCUT2D eigenvalue weighted by Gasteiger charge is 2.43. The van der Waals surface area contributed by atoms with Gasteiger partial charge in [-0.25, -0.2) is 4.90 Å². The van der Waals surface area contributed by atoms with E-state index in [2.05, 4.69) is 56.7 Å². The van der Waals surface area contributed by atoms with Gasteiger partial charge in [0.05, 0.1) is 18.2 Å². The van der Waals surface area contributed by atoms with E-state index in [1.54, 1.807) is 0 Å². The first kappa shape index (κ1) is 20.3. The standard InChI is InChI=1S/C23H24IN3O2/c24-19-8-10-20(11-9-19)27-22(28)17-21(23(27)29)26-15-13-25(14-16-26)12-4-7-18-5-2-1-3-6-18/h1-11,21H,12-17H2. The third-order valence-corrected chi connectivity index (χ3v) is 6.25. The first-order valence-corrected chi connectivity index (χ1v) is 11.0. The Bertz CT molecular complexity index is 890. The van der Waals surface area contributed by atoms with Crippen molar-refractivity contribution in [1.29, 1.82) is 0 Å². The Balaban J connectivity index is 1.31. The van der Waals surface area contributed by atoms with E-state index >= 15 is 0 Å². The lowest BCUT2D eigenvalue weighted by Crippen LogP contribution is -2.52. The average Bonchev–Trinajstić information content (AvgIpc) is 3.04. The van der Waals surface area contributed by atoms with Gasteiger partial charge < -0.3 is 0 Å². The van der Waals surface area contributed by atoms with Gasteiger partial charge in [-0.3, -0.25) is 19.4 Å². The molecule has 2 aromatic rings. The Morgan fingerprint density at radius 3 is 2.31 bits per heavy atom. The molecule has 2 saturated heterocycles. The Morgan fingerprint density at radius 1 is 0.931 bits per heavy atom. The highest BCUT2D eigenvalue weighted by molar-refractivity contribution is 14.1. The summed E-state index contributed by atoms with van der Waals surface area (Å²) >= 11 is 2.22. The Labute approximate surface area is 185 Å². The highest BCUT2D eigenvalue weighted by Crippen LogP contribution is 2.26. The lowest BCUT2D eigenvalue weighted by atomic mass is 10.1. The Kier molecular flexibility index (Phi) is 6.42. The largest absolute Gasteiger partial charge is 0.297 e. The third kappa shape index (κ3) is 4.76. The molecule has 2 heterocycles. The smallest absolute Gasteiger partial charge is 0.251 e. The van der Waals surface area contributed by atoms with Gasteiger partial charge in [-0.2, -0.15) is 0 Å². The summed E-state index contributed by atoms with van der Waals surface area (Å²) in [4.78, 5) is 31.4. The zero-order valence-corrected chi connectivity index (χ0v) is 18.4. The van der Waals surface area contributed by atoms with E-state index in [0.29, 0.717) is 5.69 Å². The number of halogens is 1. The van der Waals surface area contributed by atoms with Crippen LogP contribution in [0.3, 0.4) is 0 Å². The number of hydrogen-bond acceptors (Lipinski definition) is 4. The molecule has 2 amide bonds. The number of benzene rings is 2. The van der Waals surface area contributed by atoms with Crippen LogP contribution in [-0.4, -0.2) is 60.4 Å². The van der Waals surface area contributed by atoms with E-state index < -0.39 is 0 Å². The molecule has 0 spiro atoms. The second-order valence-corrected chi connectivity index (χ2v) is 8.66. The number of hydrogen-bond donors (Lipinski definition) is 0. The summed E-state index contributed by atoms with van der Waals surface area (Å²) < 4.78 is 1.08. The molecule has 0 saturated carbocycles. The number of imide groups is 1. The average molecular weight is 501 g/mol. The molecule has 2 aliphatic rings. The van der Waals surface area contributed by atoms with Crippen LogP contribution in [0, 0.1) is 3.57 Å². The number of anilines is 1. The summed E-state index contributed by atoms with van der Waals surface area (Å²) in [5.41, 5.74) is 1.88. The molecule has 4 rings (SSSR count). The molecular formula is C23H24IN3O2. The molecule has 5 nitrogen and oxygen atoms in total. The summed E-state index contributed by atoms with van der Waals surface area (Å²) in [7, 11) is 0. The monoisotopic (exact) mass is 501 g/mol. The number of amides is 2. The van der Waals surface area contributed by atoms with Crippen molar-refractivity contribution in [3.8, 4) is 0 Å². The predicted octanol–water partition coefficient (Wildman–Crippen LogP) is 3.25. The van der Waals surface area contributed by atoms with E-state index in [9.17, 15) is 9.59 Å². The minimum absolute atomic E-state index is 0.0892. The molecule has 0 bridgehead atoms. The molecule has 150 valence electrons. The van der Waals surface area contributed by atoms with Gasteiger partial charge in [0.1, 0.15) is 0 Å². The van der Waals surface area contributed by atoms with Crippen LogP contribution in [0.1, 0.15) is 12.0 Å². The number of rotatable bonds is 5. The quantitative estimate of drug-likeness (QED) is 0.466. The molecule has 0 N–H and O–H groups in total. The molecule has 1 atom stereocenters. The first-order chi connectivity index (χ1) is 14.1. The van der Waals surface area contributed by atoms with Crippen molar-refractivity contribution in [1.82, 2.24) is 9.80 Å². The van der Waals surface area contributed by atoms with Crippen LogP contribution in [0.5, 0.6) is 0 Å². The van der Waals surface area contributed by atoms with E-state index in [4.69, 9.17) is 0 Å². The number of nitrogens with zero attached hydrogens (tertiary/aromatic N) is 3. The van der Waals surface area contributed by atoms with Gasteiger partial charge in [-0.1, -0.05) is 42.5 Å². The van der Waals surface area contributed by atoms with E-state index in [1.807, 2.05) is 42.5 Å². The minimum Gasteiger partial charge on any atom is -0.297 e. The van der Waals surface area contributed by atoms with Gasteiger partial charge in [0.25, 0.3) is 5.91 Å². The fraction of sp³-hybridized carbons (Fsp3) is 0.304. The van der Waals surface area contributed by atoms with Crippen molar-refractivity contribution in [3.63, 3.8) is 0 Å². The van der Waals surface area contributed by atoms with E-state index in [1.165, 1.54) is 10.5 Å². The van der Waals surface area contributed by atoms with Crippen LogP contribution >= 0.6 is 22.6 Å². The number of piperazine rings is 1. The lowest BCUT2D eigenvalue weighted by molar-refractivity contribution is -0.123. The summed E-state index contributed by atoms with van der Waals surface area (Å²) in [6, 6.07) is 17.5. The second kappa shape index (κ2) is 9.19. The topological polar surface area (TPSA) is 43.9 Å². The zero-order chi connectivity index (χ0) is 20.2. The van der Waals surface area contributed by atoms with E-state index in [-0.39, 0.29) is 24.3 Å². The SMILES string of the molecule is O=C1CC(N2CCN(CC=Cc3ccccc3)CC2)C(=O)N1c1ccc(I)cc1. The number of carbonyl (C=O) groups excluding carboxylic acids is 2. The fourth-order valence-electron chi connectivity index (χ4n) is 3.92. The normalized spacial score (nSPS) is 21.4. The predicted molar refractivity (Wildman–Crippen MR) is 124 cm³/mol. The maximum Gasteiger partial charge on any atom is 0.251 e. The molecule has 29 heavy (non-hydrogen) atoms. The summed E-state index contributed by atoms with van der Waals surface area (Å²) in [6.07, 6.45) is 4.61. The van der Waals surface area contributed by atoms with E-state index in [0.717, 1.165) is 36.3 Å². The minimum atomic E-state index is -0.330. The molecular weight excluding hydrogens is 477 g/mol. The highest BCUT2D eigenvalue weighted by atomic mass is 127. The van der Waals surface area contributed by atoms with Crippen molar-refractivity contribution >= 4 is 46.2 Å². The summed E-state index contributed by atoms with van der Waals surface area (Å²) in [6.45, 7) is 4.32. The first-order valence-electron chi connectivity index (χ1n) is 9.92. The number of carbonyl (C=O) groups is 2. The summed E-state index contributed by atoms with van der Waals surface area (Å²) in [5.74, 6) is -0.192. The molecule has 2 fully saturated rings. The van der Waals surface area contributed by atoms with Crippen molar-refractivity contribution in [2.24, 2.45) is 0 Å². The van der Waals surface area contributed by atoms with Crippen LogP contribution in [0.4, 0.5) is 5.69 Å². The second-order valence-electron chi connectivity index (χ2n) is 7.41. The van der Waals surface area contributed by atoms with Crippen LogP contribution in [0.25, 0.3) is 6.08 Å². The van der Waals surface area contributed by atoms with Crippen molar-refractivity contribution in [2.45, 2.75) is 12.5 Å². The van der Waals surface area contributed by atoms with Crippen LogP contribution < -0.4 is 4.90 Å². The molecule has 2 aliphatic heterocycles. The molecule has 0 radical (unpaired) electrons. The third-order valence-electron chi connectivity index (χ3n) is 5.53. The van der Waals surface area contributed by atoms with Crippen molar-refractivity contribution in [2.75, 3.05) is 37.6 Å². The fourth-order valence-corrected chi connectivity index (χ4v) is 4.28. The summed E-state index contributed by atoms with van der Waals surface area (Å²) in [5, 5.41) is 0. The maximum absolute atomic E-state index is 12.9. The van der Waals surface area contributed by atoms with Crippen molar-refractivity contribution < 1.29 is 9.59 Å². The van der Waals surface area contributed by atoms with Crippen LogP contribution in [-0.2, 0) is 9.59 Å². The Hall–Kier alpha value is -2.03. The molecule has 0 aromatic heterocycles. The molecule has 6 heteroatoms. The van der Waals surface area contributed by atoms with Crippen LogP contribution in [0.15, 0.2) is 60.7 Å². The lowest BCUT2D eigenvalue weighted by Gasteiger charge is -2.36.